The first-order valence-corrected chi connectivity index (χ1v) is 8.62. The van der Waals surface area contributed by atoms with Crippen molar-refractivity contribution >= 4 is 0 Å². The highest BCUT2D eigenvalue weighted by Gasteiger charge is 2.33. The Labute approximate surface area is 143 Å². The van der Waals surface area contributed by atoms with Crippen LogP contribution in [0.3, 0.4) is 0 Å². The molecule has 2 N–H and O–H groups in total. The predicted octanol–water partition coefficient (Wildman–Crippen LogP) is 2.34. The van der Waals surface area contributed by atoms with Crippen molar-refractivity contribution in [2.75, 3.05) is 26.2 Å². The molecule has 1 aliphatic heterocycles. The van der Waals surface area contributed by atoms with Crippen LogP contribution < -0.4 is 5.73 Å². The van der Waals surface area contributed by atoms with E-state index in [4.69, 9.17) is 15.0 Å². The van der Waals surface area contributed by atoms with Gasteiger partial charge >= 0.3 is 0 Å². The first kappa shape index (κ1) is 17.1. The molecule has 24 heavy (non-hydrogen) atoms. The van der Waals surface area contributed by atoms with E-state index in [1.165, 1.54) is 5.56 Å². The third kappa shape index (κ3) is 3.83. The highest BCUT2D eigenvalue weighted by molar-refractivity contribution is 5.22. The SMILES string of the molecule is CCOC(C)c1noc(CN2C[C@@H](CN)[C@H](c3ccccc3)C2)n1. The molecule has 0 radical (unpaired) electrons. The Morgan fingerprint density at radius 3 is 2.83 bits per heavy atom. The summed E-state index contributed by atoms with van der Waals surface area (Å²) in [6.45, 7) is 7.79. The second kappa shape index (κ2) is 7.88. The average Bonchev–Trinajstić information content (AvgIpc) is 3.23. The van der Waals surface area contributed by atoms with Crippen LogP contribution in [0.5, 0.6) is 0 Å². The zero-order valence-electron chi connectivity index (χ0n) is 14.4. The van der Waals surface area contributed by atoms with Gasteiger partial charge in [0.1, 0.15) is 6.10 Å². The molecule has 1 aromatic heterocycles. The summed E-state index contributed by atoms with van der Waals surface area (Å²) in [4.78, 5) is 6.81. The van der Waals surface area contributed by atoms with Gasteiger partial charge in [0.25, 0.3) is 0 Å². The van der Waals surface area contributed by atoms with Crippen LogP contribution in [0.2, 0.25) is 0 Å². The molecular weight excluding hydrogens is 304 g/mol. The summed E-state index contributed by atoms with van der Waals surface area (Å²) in [5.41, 5.74) is 7.35. The fourth-order valence-electron chi connectivity index (χ4n) is 3.42. The number of benzene rings is 1. The zero-order chi connectivity index (χ0) is 16.9. The number of likely N-dealkylation sites (tertiary alicyclic amines) is 1. The molecule has 2 aromatic rings. The van der Waals surface area contributed by atoms with Gasteiger partial charge in [-0.05, 0) is 31.9 Å². The lowest BCUT2D eigenvalue weighted by Crippen LogP contribution is -2.23. The number of aromatic nitrogens is 2. The number of hydrogen-bond acceptors (Lipinski definition) is 6. The Hall–Kier alpha value is -1.76. The van der Waals surface area contributed by atoms with Gasteiger partial charge in [-0.1, -0.05) is 35.5 Å². The van der Waals surface area contributed by atoms with Crippen LogP contribution in [-0.4, -0.2) is 41.3 Å². The minimum Gasteiger partial charge on any atom is -0.371 e. The maximum absolute atomic E-state index is 6.00. The molecule has 0 saturated carbocycles. The summed E-state index contributed by atoms with van der Waals surface area (Å²) in [6.07, 6.45) is -0.139. The van der Waals surface area contributed by atoms with E-state index in [0.29, 0.717) is 43.2 Å². The first-order valence-electron chi connectivity index (χ1n) is 8.62. The maximum Gasteiger partial charge on any atom is 0.240 e. The molecule has 1 fully saturated rings. The number of nitrogens with two attached hydrogens (primary N) is 1. The van der Waals surface area contributed by atoms with E-state index in [1.54, 1.807) is 0 Å². The van der Waals surface area contributed by atoms with Crippen LogP contribution in [0.4, 0.5) is 0 Å². The second-order valence-corrected chi connectivity index (χ2v) is 6.35. The smallest absolute Gasteiger partial charge is 0.240 e. The van der Waals surface area contributed by atoms with Crippen molar-refractivity contribution in [3.63, 3.8) is 0 Å². The van der Waals surface area contributed by atoms with E-state index >= 15 is 0 Å². The Balaban J connectivity index is 1.64. The molecular formula is C18H26N4O2. The fraction of sp³-hybridized carbons (Fsp3) is 0.556. The summed E-state index contributed by atoms with van der Waals surface area (Å²) < 4.78 is 10.9. The van der Waals surface area contributed by atoms with Crippen molar-refractivity contribution in [2.24, 2.45) is 11.7 Å². The fourth-order valence-corrected chi connectivity index (χ4v) is 3.42. The van der Waals surface area contributed by atoms with Crippen molar-refractivity contribution < 1.29 is 9.26 Å². The Morgan fingerprint density at radius 2 is 2.12 bits per heavy atom. The molecule has 0 amide bonds. The topological polar surface area (TPSA) is 77.4 Å². The van der Waals surface area contributed by atoms with Gasteiger partial charge in [0, 0.05) is 25.6 Å². The van der Waals surface area contributed by atoms with Crippen LogP contribution in [-0.2, 0) is 11.3 Å². The lowest BCUT2D eigenvalue weighted by molar-refractivity contribution is 0.0683. The normalized spacial score (nSPS) is 22.8. The van der Waals surface area contributed by atoms with Gasteiger partial charge in [-0.15, -0.1) is 0 Å². The Morgan fingerprint density at radius 1 is 1.33 bits per heavy atom. The van der Waals surface area contributed by atoms with E-state index < -0.39 is 0 Å². The van der Waals surface area contributed by atoms with Crippen LogP contribution in [0.15, 0.2) is 34.9 Å². The molecule has 1 unspecified atom stereocenters. The van der Waals surface area contributed by atoms with E-state index in [-0.39, 0.29) is 6.10 Å². The van der Waals surface area contributed by atoms with Crippen LogP contribution >= 0.6 is 0 Å². The van der Waals surface area contributed by atoms with E-state index in [9.17, 15) is 0 Å². The number of rotatable bonds is 7. The molecule has 6 nitrogen and oxygen atoms in total. The van der Waals surface area contributed by atoms with Crippen LogP contribution in [0.1, 0.15) is 43.1 Å². The average molecular weight is 330 g/mol. The lowest BCUT2D eigenvalue weighted by atomic mass is 9.89. The highest BCUT2D eigenvalue weighted by Crippen LogP contribution is 2.32. The van der Waals surface area contributed by atoms with Gasteiger partial charge in [0.2, 0.25) is 5.89 Å². The van der Waals surface area contributed by atoms with Crippen molar-refractivity contribution in [1.29, 1.82) is 0 Å². The summed E-state index contributed by atoms with van der Waals surface area (Å²) in [7, 11) is 0. The van der Waals surface area contributed by atoms with Gasteiger partial charge in [0.15, 0.2) is 5.82 Å². The molecule has 1 aromatic carbocycles. The second-order valence-electron chi connectivity index (χ2n) is 6.35. The molecule has 0 bridgehead atoms. The van der Waals surface area contributed by atoms with Gasteiger partial charge in [-0.2, -0.15) is 4.98 Å². The van der Waals surface area contributed by atoms with Crippen molar-refractivity contribution in [1.82, 2.24) is 15.0 Å². The minimum atomic E-state index is -0.139. The van der Waals surface area contributed by atoms with Crippen LogP contribution in [0, 0.1) is 5.92 Å². The van der Waals surface area contributed by atoms with E-state index in [0.717, 1.165) is 13.1 Å². The van der Waals surface area contributed by atoms with Gasteiger partial charge in [-0.3, -0.25) is 4.90 Å². The summed E-state index contributed by atoms with van der Waals surface area (Å²) in [5, 5.41) is 4.03. The highest BCUT2D eigenvalue weighted by atomic mass is 16.5. The van der Waals surface area contributed by atoms with Crippen molar-refractivity contribution in [2.45, 2.75) is 32.4 Å². The predicted molar refractivity (Wildman–Crippen MR) is 91.3 cm³/mol. The molecule has 2 heterocycles. The third-order valence-corrected chi connectivity index (χ3v) is 4.67. The van der Waals surface area contributed by atoms with E-state index in [1.807, 2.05) is 19.9 Å². The summed E-state index contributed by atoms with van der Waals surface area (Å²) in [5.74, 6) is 2.17. The largest absolute Gasteiger partial charge is 0.371 e. The monoisotopic (exact) mass is 330 g/mol. The van der Waals surface area contributed by atoms with Gasteiger partial charge in [-0.25, -0.2) is 0 Å². The Bertz CT molecular complexity index is 631. The standard InChI is InChI=1S/C18H26N4O2/c1-3-23-13(2)18-20-17(24-21-18)12-22-10-15(9-19)16(11-22)14-7-5-4-6-8-14/h4-8,13,15-16H,3,9-12,19H2,1-2H3/t13?,15-,16+/m1/s1. The van der Waals surface area contributed by atoms with Crippen molar-refractivity contribution in [3.05, 3.63) is 47.6 Å². The molecule has 130 valence electrons. The molecule has 3 atom stereocenters. The van der Waals surface area contributed by atoms with Crippen molar-refractivity contribution in [3.8, 4) is 0 Å². The number of nitrogens with zero attached hydrogens (tertiary/aromatic N) is 3. The van der Waals surface area contributed by atoms with Gasteiger partial charge < -0.3 is 15.0 Å². The molecule has 1 aliphatic rings. The van der Waals surface area contributed by atoms with E-state index in [2.05, 4.69) is 39.3 Å². The van der Waals surface area contributed by atoms with Gasteiger partial charge in [0.05, 0.1) is 6.54 Å². The summed E-state index contributed by atoms with van der Waals surface area (Å²) >= 11 is 0. The summed E-state index contributed by atoms with van der Waals surface area (Å²) in [6, 6.07) is 10.6. The maximum atomic E-state index is 6.00. The molecule has 0 aliphatic carbocycles. The van der Waals surface area contributed by atoms with Crippen LogP contribution in [0.25, 0.3) is 0 Å². The molecule has 3 rings (SSSR count). The lowest BCUT2D eigenvalue weighted by Gasteiger charge is -2.16. The molecule has 0 spiro atoms. The quantitative estimate of drug-likeness (QED) is 0.839. The first-order chi connectivity index (χ1) is 11.7. The zero-order valence-corrected chi connectivity index (χ0v) is 14.4. The number of ether oxygens (including phenoxy) is 1. The third-order valence-electron chi connectivity index (χ3n) is 4.67. The Kier molecular flexibility index (Phi) is 5.60. The molecule has 6 heteroatoms. The minimum absolute atomic E-state index is 0.139. The molecule has 1 saturated heterocycles. The number of hydrogen-bond donors (Lipinski definition) is 1.